The second-order valence-corrected chi connectivity index (χ2v) is 3.08. The number of hydrogen-bond acceptors (Lipinski definition) is 2. The normalized spacial score (nSPS) is 32.6. The molecule has 0 aromatic carbocycles. The van der Waals surface area contributed by atoms with Crippen LogP contribution in [0.15, 0.2) is 0 Å². The fraction of sp³-hybridized carbons (Fsp3) is 0.875. The van der Waals surface area contributed by atoms with Gasteiger partial charge in [-0.05, 0) is 25.8 Å². The van der Waals surface area contributed by atoms with E-state index in [1.165, 1.54) is 6.42 Å². The van der Waals surface area contributed by atoms with Crippen molar-refractivity contribution in [3.8, 4) is 0 Å². The molecule has 58 valence electrons. The molecule has 2 heteroatoms. The third-order valence-electron chi connectivity index (χ3n) is 2.29. The number of ketones is 1. The lowest BCUT2D eigenvalue weighted by molar-refractivity contribution is -0.118. The van der Waals surface area contributed by atoms with Gasteiger partial charge in [0.1, 0.15) is 5.78 Å². The van der Waals surface area contributed by atoms with Crippen molar-refractivity contribution in [1.82, 2.24) is 5.32 Å². The molecular formula is C8H15NO. The average molecular weight is 141 g/mol. The summed E-state index contributed by atoms with van der Waals surface area (Å²) in [5.41, 5.74) is 0. The first-order valence-corrected chi connectivity index (χ1v) is 3.98. The molecular weight excluding hydrogens is 126 g/mol. The molecule has 0 saturated carbocycles. The summed E-state index contributed by atoms with van der Waals surface area (Å²) in [6, 6.07) is 0.157. The van der Waals surface area contributed by atoms with Crippen LogP contribution < -0.4 is 5.32 Å². The van der Waals surface area contributed by atoms with Crippen LogP contribution in [0.1, 0.15) is 26.7 Å². The van der Waals surface area contributed by atoms with Gasteiger partial charge in [0.05, 0.1) is 6.04 Å². The molecule has 1 aliphatic rings. The van der Waals surface area contributed by atoms with Crippen LogP contribution in [0.4, 0.5) is 0 Å². The summed E-state index contributed by atoms with van der Waals surface area (Å²) in [6.45, 7) is 4.87. The van der Waals surface area contributed by atoms with Gasteiger partial charge in [-0.3, -0.25) is 4.79 Å². The van der Waals surface area contributed by atoms with Crippen LogP contribution in [-0.4, -0.2) is 18.4 Å². The second-order valence-electron chi connectivity index (χ2n) is 3.08. The van der Waals surface area contributed by atoms with Gasteiger partial charge in [0.2, 0.25) is 0 Å². The Hall–Kier alpha value is -0.370. The van der Waals surface area contributed by atoms with Crippen molar-refractivity contribution in [1.29, 1.82) is 0 Å². The van der Waals surface area contributed by atoms with E-state index in [2.05, 4.69) is 12.2 Å². The molecule has 0 bridgehead atoms. The first kappa shape index (κ1) is 7.73. The molecule has 10 heavy (non-hydrogen) atoms. The molecule has 2 unspecified atom stereocenters. The quantitative estimate of drug-likeness (QED) is 0.620. The number of rotatable bonds is 2. The highest BCUT2D eigenvalue weighted by atomic mass is 16.1. The summed E-state index contributed by atoms with van der Waals surface area (Å²) in [6.07, 6.45) is 2.24. The molecule has 0 radical (unpaired) electrons. The van der Waals surface area contributed by atoms with Crippen LogP contribution in [0, 0.1) is 5.92 Å². The molecule has 1 heterocycles. The molecule has 1 rings (SSSR count). The minimum Gasteiger partial charge on any atom is -0.307 e. The Bertz CT molecular complexity index is 133. The maximum absolute atomic E-state index is 10.8. The van der Waals surface area contributed by atoms with E-state index in [1.807, 2.05) is 0 Å². The van der Waals surface area contributed by atoms with Crippen LogP contribution in [0.25, 0.3) is 0 Å². The van der Waals surface area contributed by atoms with E-state index in [-0.39, 0.29) is 11.8 Å². The van der Waals surface area contributed by atoms with Gasteiger partial charge in [-0.25, -0.2) is 0 Å². The highest BCUT2D eigenvalue weighted by Gasteiger charge is 2.25. The third-order valence-corrected chi connectivity index (χ3v) is 2.29. The van der Waals surface area contributed by atoms with Crippen LogP contribution in [0.2, 0.25) is 0 Å². The molecule has 1 fully saturated rings. The Morgan fingerprint density at radius 1 is 1.70 bits per heavy atom. The first-order valence-electron chi connectivity index (χ1n) is 3.98. The van der Waals surface area contributed by atoms with E-state index >= 15 is 0 Å². The molecule has 1 aliphatic heterocycles. The maximum Gasteiger partial charge on any atom is 0.146 e. The molecule has 1 N–H and O–H groups in total. The summed E-state index contributed by atoms with van der Waals surface area (Å²) >= 11 is 0. The van der Waals surface area contributed by atoms with E-state index < -0.39 is 0 Å². The smallest absolute Gasteiger partial charge is 0.146 e. The molecule has 0 aliphatic carbocycles. The minimum absolute atomic E-state index is 0.157. The van der Waals surface area contributed by atoms with E-state index in [0.717, 1.165) is 18.9 Å². The number of nitrogens with one attached hydrogen (secondary N) is 1. The highest BCUT2D eigenvalue weighted by molar-refractivity contribution is 5.81. The summed E-state index contributed by atoms with van der Waals surface area (Å²) in [4.78, 5) is 10.8. The topological polar surface area (TPSA) is 29.1 Å². The molecule has 0 aromatic rings. The van der Waals surface area contributed by atoms with Gasteiger partial charge in [0.25, 0.3) is 0 Å². The Balaban J connectivity index is 2.35. The van der Waals surface area contributed by atoms with E-state index in [1.54, 1.807) is 6.92 Å². The van der Waals surface area contributed by atoms with Crippen LogP contribution >= 0.6 is 0 Å². The van der Waals surface area contributed by atoms with Crippen molar-refractivity contribution in [2.75, 3.05) is 6.54 Å². The predicted molar refractivity (Wildman–Crippen MR) is 40.9 cm³/mol. The van der Waals surface area contributed by atoms with Crippen LogP contribution in [-0.2, 0) is 4.79 Å². The van der Waals surface area contributed by atoms with Crippen molar-refractivity contribution < 1.29 is 4.79 Å². The van der Waals surface area contributed by atoms with Gasteiger partial charge >= 0.3 is 0 Å². The van der Waals surface area contributed by atoms with E-state index in [9.17, 15) is 4.79 Å². The lowest BCUT2D eigenvalue weighted by Crippen LogP contribution is -2.28. The van der Waals surface area contributed by atoms with Crippen LogP contribution in [0.5, 0.6) is 0 Å². The minimum atomic E-state index is 0.157. The largest absolute Gasteiger partial charge is 0.307 e. The number of hydrogen-bond donors (Lipinski definition) is 1. The fourth-order valence-electron chi connectivity index (χ4n) is 1.43. The molecule has 2 nitrogen and oxygen atoms in total. The van der Waals surface area contributed by atoms with E-state index in [0.29, 0.717) is 0 Å². The third kappa shape index (κ3) is 1.57. The fourth-order valence-corrected chi connectivity index (χ4v) is 1.43. The summed E-state index contributed by atoms with van der Waals surface area (Å²) in [5, 5.41) is 3.21. The zero-order chi connectivity index (χ0) is 7.56. The number of Topliss-reactive ketones (excluding diaryl/α,β-unsaturated/α-hetero) is 1. The average Bonchev–Trinajstić information content (AvgIpc) is 2.34. The number of carbonyl (C=O) groups is 1. The molecule has 0 spiro atoms. The Labute approximate surface area is 62.0 Å². The Morgan fingerprint density at radius 3 is 2.70 bits per heavy atom. The highest BCUT2D eigenvalue weighted by Crippen LogP contribution is 2.16. The van der Waals surface area contributed by atoms with Gasteiger partial charge in [-0.1, -0.05) is 13.3 Å². The Morgan fingerprint density at radius 2 is 2.40 bits per heavy atom. The molecule has 2 atom stereocenters. The van der Waals surface area contributed by atoms with Gasteiger partial charge in [0, 0.05) is 0 Å². The van der Waals surface area contributed by atoms with Crippen molar-refractivity contribution >= 4 is 5.78 Å². The monoisotopic (exact) mass is 141 g/mol. The van der Waals surface area contributed by atoms with Gasteiger partial charge in [-0.2, -0.15) is 0 Å². The number of carbonyl (C=O) groups excluding carboxylic acids is 1. The summed E-state index contributed by atoms with van der Waals surface area (Å²) in [7, 11) is 0. The van der Waals surface area contributed by atoms with Crippen molar-refractivity contribution in [2.45, 2.75) is 32.7 Å². The predicted octanol–water partition coefficient (Wildman–Crippen LogP) is 0.964. The van der Waals surface area contributed by atoms with Crippen molar-refractivity contribution in [2.24, 2.45) is 5.92 Å². The van der Waals surface area contributed by atoms with Crippen LogP contribution in [0.3, 0.4) is 0 Å². The standard InChI is InChI=1S/C8H15NO/c1-3-7-4-8(6(2)10)9-5-7/h7-9H,3-5H2,1-2H3. The lowest BCUT2D eigenvalue weighted by Gasteiger charge is -2.03. The van der Waals surface area contributed by atoms with E-state index in [4.69, 9.17) is 0 Å². The summed E-state index contributed by atoms with van der Waals surface area (Å²) < 4.78 is 0. The van der Waals surface area contributed by atoms with Gasteiger partial charge in [-0.15, -0.1) is 0 Å². The molecule has 1 saturated heterocycles. The van der Waals surface area contributed by atoms with Gasteiger partial charge in [0.15, 0.2) is 0 Å². The van der Waals surface area contributed by atoms with Crippen molar-refractivity contribution in [3.63, 3.8) is 0 Å². The van der Waals surface area contributed by atoms with Crippen molar-refractivity contribution in [3.05, 3.63) is 0 Å². The maximum atomic E-state index is 10.8. The zero-order valence-electron chi connectivity index (χ0n) is 6.68. The Kier molecular flexibility index (Phi) is 2.44. The van der Waals surface area contributed by atoms with Gasteiger partial charge < -0.3 is 5.32 Å². The zero-order valence-corrected chi connectivity index (χ0v) is 6.68. The molecule has 0 amide bonds. The lowest BCUT2D eigenvalue weighted by atomic mass is 10.0. The first-order chi connectivity index (χ1) is 4.74. The SMILES string of the molecule is CCC1CNC(C(C)=O)C1. The molecule has 0 aromatic heterocycles. The summed E-state index contributed by atoms with van der Waals surface area (Å²) in [5.74, 6) is 1.02. The second kappa shape index (κ2) is 3.15.